The number of rotatable bonds is 4. The van der Waals surface area contributed by atoms with Gasteiger partial charge in [0.25, 0.3) is 0 Å². The van der Waals surface area contributed by atoms with Crippen LogP contribution in [-0.2, 0) is 0 Å². The van der Waals surface area contributed by atoms with Crippen LogP contribution in [0, 0.1) is 0 Å². The van der Waals surface area contributed by atoms with E-state index in [1.54, 1.807) is 0 Å². The number of benzene rings is 1. The standard InChI is InChI=1S/C9H10BF3O4/c1-16-6-2-3-7(10(14)15)8(4-6)17-5-9(11,12)13/h2-4,14-15H,5H2,1H3. The lowest BCUT2D eigenvalue weighted by atomic mass is 9.79. The predicted molar refractivity (Wildman–Crippen MR) is 54.4 cm³/mol. The summed E-state index contributed by atoms with van der Waals surface area (Å²) in [4.78, 5) is 0. The van der Waals surface area contributed by atoms with Gasteiger partial charge in [0, 0.05) is 11.5 Å². The van der Waals surface area contributed by atoms with Crippen molar-refractivity contribution in [1.29, 1.82) is 0 Å². The minimum absolute atomic E-state index is 0.157. The molecule has 4 nitrogen and oxygen atoms in total. The summed E-state index contributed by atoms with van der Waals surface area (Å²) in [6.45, 7) is -1.51. The van der Waals surface area contributed by atoms with Crippen LogP contribution in [-0.4, -0.2) is 37.1 Å². The average Bonchev–Trinajstić information content (AvgIpc) is 2.24. The minimum atomic E-state index is -4.50. The molecule has 1 aromatic carbocycles. The number of methoxy groups -OCH3 is 1. The first-order valence-electron chi connectivity index (χ1n) is 4.57. The second-order valence-corrected chi connectivity index (χ2v) is 3.18. The van der Waals surface area contributed by atoms with Crippen LogP contribution in [0.5, 0.6) is 11.5 Å². The Balaban J connectivity index is 2.93. The molecule has 0 saturated carbocycles. The van der Waals surface area contributed by atoms with Crippen LogP contribution in [0.4, 0.5) is 13.2 Å². The van der Waals surface area contributed by atoms with Crippen molar-refractivity contribution in [3.8, 4) is 11.5 Å². The highest BCUT2D eigenvalue weighted by atomic mass is 19.4. The van der Waals surface area contributed by atoms with Crippen LogP contribution < -0.4 is 14.9 Å². The highest BCUT2D eigenvalue weighted by Gasteiger charge is 2.29. The Labute approximate surface area is 95.7 Å². The van der Waals surface area contributed by atoms with Gasteiger partial charge >= 0.3 is 13.3 Å². The predicted octanol–water partition coefficient (Wildman–Crippen LogP) is 0.316. The number of hydrogen-bond acceptors (Lipinski definition) is 4. The molecule has 0 spiro atoms. The molecule has 0 heterocycles. The molecular weight excluding hydrogens is 240 g/mol. The number of halogens is 3. The lowest BCUT2D eigenvalue weighted by Gasteiger charge is -2.13. The minimum Gasteiger partial charge on any atom is -0.497 e. The molecule has 0 unspecified atom stereocenters. The Kier molecular flexibility index (Phi) is 4.25. The third-order valence-electron chi connectivity index (χ3n) is 1.89. The first-order valence-corrected chi connectivity index (χ1v) is 4.57. The SMILES string of the molecule is COc1ccc(B(O)O)c(OCC(F)(F)F)c1. The van der Waals surface area contributed by atoms with Crippen LogP contribution in [0.1, 0.15) is 0 Å². The third-order valence-corrected chi connectivity index (χ3v) is 1.89. The zero-order valence-electron chi connectivity index (χ0n) is 8.86. The van der Waals surface area contributed by atoms with Gasteiger partial charge in [0.15, 0.2) is 6.61 Å². The van der Waals surface area contributed by atoms with E-state index in [1.165, 1.54) is 19.2 Å². The molecule has 0 radical (unpaired) electrons. The van der Waals surface area contributed by atoms with Crippen molar-refractivity contribution in [2.45, 2.75) is 6.18 Å². The lowest BCUT2D eigenvalue weighted by molar-refractivity contribution is -0.153. The molecule has 94 valence electrons. The zero-order valence-corrected chi connectivity index (χ0v) is 8.86. The summed E-state index contributed by atoms with van der Waals surface area (Å²) in [6.07, 6.45) is -4.50. The van der Waals surface area contributed by atoms with E-state index in [2.05, 4.69) is 4.74 Å². The molecule has 0 bridgehead atoms. The zero-order chi connectivity index (χ0) is 13.1. The summed E-state index contributed by atoms with van der Waals surface area (Å²) >= 11 is 0. The van der Waals surface area contributed by atoms with Crippen molar-refractivity contribution in [2.75, 3.05) is 13.7 Å². The van der Waals surface area contributed by atoms with Gasteiger partial charge in [0.1, 0.15) is 11.5 Å². The van der Waals surface area contributed by atoms with Crippen molar-refractivity contribution in [1.82, 2.24) is 0 Å². The Morgan fingerprint density at radius 2 is 1.94 bits per heavy atom. The fourth-order valence-corrected chi connectivity index (χ4v) is 1.14. The van der Waals surface area contributed by atoms with E-state index in [4.69, 9.17) is 14.8 Å². The highest BCUT2D eigenvalue weighted by molar-refractivity contribution is 6.59. The molecular formula is C9H10BF3O4. The molecule has 2 N–H and O–H groups in total. The molecule has 17 heavy (non-hydrogen) atoms. The Bertz CT molecular complexity index is 381. The van der Waals surface area contributed by atoms with Crippen molar-refractivity contribution < 1.29 is 32.7 Å². The molecule has 0 aliphatic carbocycles. The van der Waals surface area contributed by atoms with Gasteiger partial charge in [-0.25, -0.2) is 0 Å². The maximum absolute atomic E-state index is 12.0. The molecule has 0 fully saturated rings. The first-order chi connectivity index (χ1) is 7.83. The van der Waals surface area contributed by atoms with Gasteiger partial charge in [0.2, 0.25) is 0 Å². The number of alkyl halides is 3. The van der Waals surface area contributed by atoms with Gasteiger partial charge < -0.3 is 19.5 Å². The second kappa shape index (κ2) is 5.28. The van der Waals surface area contributed by atoms with E-state index in [1.807, 2.05) is 0 Å². The van der Waals surface area contributed by atoms with E-state index in [-0.39, 0.29) is 17.0 Å². The van der Waals surface area contributed by atoms with Crippen LogP contribution >= 0.6 is 0 Å². The molecule has 0 aliphatic rings. The van der Waals surface area contributed by atoms with Crippen molar-refractivity contribution in [3.05, 3.63) is 18.2 Å². The molecule has 0 amide bonds. The summed E-state index contributed by atoms with van der Waals surface area (Å²) in [5.74, 6) is -0.0248. The first kappa shape index (κ1) is 13.7. The topological polar surface area (TPSA) is 58.9 Å². The molecule has 0 atom stereocenters. The summed E-state index contributed by atoms with van der Waals surface area (Å²) in [5.41, 5.74) is -0.157. The van der Waals surface area contributed by atoms with Crippen LogP contribution in [0.25, 0.3) is 0 Å². The van der Waals surface area contributed by atoms with Crippen LogP contribution in [0.15, 0.2) is 18.2 Å². The quantitative estimate of drug-likeness (QED) is 0.755. The Hall–Kier alpha value is -1.41. The van der Waals surface area contributed by atoms with Crippen molar-refractivity contribution in [2.24, 2.45) is 0 Å². The monoisotopic (exact) mass is 250 g/mol. The second-order valence-electron chi connectivity index (χ2n) is 3.18. The van der Waals surface area contributed by atoms with Gasteiger partial charge in [-0.05, 0) is 6.07 Å². The lowest BCUT2D eigenvalue weighted by Crippen LogP contribution is -2.32. The summed E-state index contributed by atoms with van der Waals surface area (Å²) in [5, 5.41) is 17.9. The maximum Gasteiger partial charge on any atom is 0.492 e. The summed E-state index contributed by atoms with van der Waals surface area (Å²) in [7, 11) is -0.582. The molecule has 8 heteroatoms. The van der Waals surface area contributed by atoms with E-state index < -0.39 is 19.9 Å². The van der Waals surface area contributed by atoms with E-state index in [0.717, 1.165) is 6.07 Å². The molecule has 0 saturated heterocycles. The van der Waals surface area contributed by atoms with E-state index in [0.29, 0.717) is 0 Å². The molecule has 0 aromatic heterocycles. The molecule has 1 aromatic rings. The van der Waals surface area contributed by atoms with Gasteiger partial charge in [-0.15, -0.1) is 0 Å². The van der Waals surface area contributed by atoms with Crippen LogP contribution in [0.2, 0.25) is 0 Å². The smallest absolute Gasteiger partial charge is 0.492 e. The van der Waals surface area contributed by atoms with Gasteiger partial charge in [0.05, 0.1) is 7.11 Å². The normalized spacial score (nSPS) is 11.2. The van der Waals surface area contributed by atoms with Crippen molar-refractivity contribution >= 4 is 12.6 Å². The van der Waals surface area contributed by atoms with Gasteiger partial charge in [-0.3, -0.25) is 0 Å². The number of ether oxygens (including phenoxy) is 2. The van der Waals surface area contributed by atoms with Crippen LogP contribution in [0.3, 0.4) is 0 Å². The van der Waals surface area contributed by atoms with Crippen molar-refractivity contribution in [3.63, 3.8) is 0 Å². The average molecular weight is 250 g/mol. The number of hydrogen-bond donors (Lipinski definition) is 2. The van der Waals surface area contributed by atoms with Gasteiger partial charge in [-0.2, -0.15) is 13.2 Å². The third kappa shape index (κ3) is 4.16. The fourth-order valence-electron chi connectivity index (χ4n) is 1.14. The fraction of sp³-hybridized carbons (Fsp3) is 0.333. The Morgan fingerprint density at radius 1 is 1.29 bits per heavy atom. The highest BCUT2D eigenvalue weighted by Crippen LogP contribution is 2.21. The maximum atomic E-state index is 12.0. The van der Waals surface area contributed by atoms with Gasteiger partial charge in [-0.1, -0.05) is 6.07 Å². The van der Waals surface area contributed by atoms with E-state index in [9.17, 15) is 13.2 Å². The summed E-state index contributed by atoms with van der Waals surface area (Å²) in [6, 6.07) is 3.75. The van der Waals surface area contributed by atoms with E-state index >= 15 is 0 Å². The largest absolute Gasteiger partial charge is 0.497 e. The Morgan fingerprint density at radius 3 is 2.41 bits per heavy atom. The molecule has 0 aliphatic heterocycles. The summed E-state index contributed by atoms with van der Waals surface area (Å²) < 4.78 is 45.2. The molecule has 1 rings (SSSR count).